The first kappa shape index (κ1) is 18.5. The molecule has 0 aliphatic heterocycles. The number of hydrogen-bond donors (Lipinski definition) is 3. The van der Waals surface area contributed by atoms with Crippen LogP contribution in [-0.4, -0.2) is 38.0 Å². The van der Waals surface area contributed by atoms with E-state index >= 15 is 0 Å². The maximum atomic E-state index is 13.8. The van der Waals surface area contributed by atoms with Crippen molar-refractivity contribution in [2.75, 3.05) is 0 Å². The number of rotatable bonds is 5. The van der Waals surface area contributed by atoms with E-state index in [1.165, 1.54) is 6.07 Å². The molecule has 0 aliphatic carbocycles. The van der Waals surface area contributed by atoms with Gasteiger partial charge in [0.25, 0.3) is 5.91 Å². The molecule has 0 aliphatic rings. The number of halogens is 2. The van der Waals surface area contributed by atoms with Crippen LogP contribution < -0.4 is 5.32 Å². The van der Waals surface area contributed by atoms with Gasteiger partial charge >= 0.3 is 5.97 Å². The summed E-state index contributed by atoms with van der Waals surface area (Å²) in [6.45, 7) is 0. The number of carbonyl (C=O) groups excluding carboxylic acids is 1. The number of aliphatic carboxylic acids is 1. The molecule has 0 bridgehead atoms. The van der Waals surface area contributed by atoms with E-state index in [4.69, 9.17) is 0 Å². The van der Waals surface area contributed by atoms with Crippen LogP contribution in [-0.2, 0) is 11.2 Å². The van der Waals surface area contributed by atoms with Crippen LogP contribution in [0.25, 0.3) is 21.9 Å². The molecule has 0 saturated heterocycles. The molecule has 1 amide bonds. The molecule has 7 nitrogen and oxygen atoms in total. The summed E-state index contributed by atoms with van der Waals surface area (Å²) in [7, 11) is 0. The molecule has 3 N–H and O–H groups in total. The van der Waals surface area contributed by atoms with Gasteiger partial charge in [0, 0.05) is 23.6 Å². The summed E-state index contributed by atoms with van der Waals surface area (Å²) >= 11 is 0. The molecule has 4 rings (SSSR count). The first-order valence-electron chi connectivity index (χ1n) is 8.63. The minimum atomic E-state index is -1.32. The topological polar surface area (TPSA) is 108 Å². The maximum absolute atomic E-state index is 13.8. The fourth-order valence-corrected chi connectivity index (χ4v) is 3.02. The number of carbonyl (C=O) groups is 2. The van der Waals surface area contributed by atoms with Crippen LogP contribution >= 0.6 is 0 Å². The molecule has 29 heavy (non-hydrogen) atoms. The van der Waals surface area contributed by atoms with Gasteiger partial charge in [-0.1, -0.05) is 6.07 Å². The number of benzene rings is 2. The molecule has 0 unspecified atom stereocenters. The Morgan fingerprint density at radius 1 is 1.17 bits per heavy atom. The highest BCUT2D eigenvalue weighted by Crippen LogP contribution is 2.19. The van der Waals surface area contributed by atoms with Crippen LogP contribution in [0, 0.1) is 11.6 Å². The van der Waals surface area contributed by atoms with Crippen molar-refractivity contribution in [3.05, 3.63) is 71.7 Å². The Morgan fingerprint density at radius 3 is 2.79 bits per heavy atom. The van der Waals surface area contributed by atoms with E-state index < -0.39 is 29.6 Å². The predicted molar refractivity (Wildman–Crippen MR) is 100 cm³/mol. The van der Waals surface area contributed by atoms with E-state index in [2.05, 4.69) is 20.3 Å². The zero-order valence-corrected chi connectivity index (χ0v) is 14.8. The standard InChI is InChI=1S/C20H14F2N4O3/c21-12-4-6-14-18(17(12)22)26-16(24-14)9-15(20(28)29)25-19(27)11-3-5-13-10(8-11)2-1-7-23-13/h1-8,15H,9H2,(H,24,26)(H,25,27)(H,28,29)/t15-/m1/s1. The van der Waals surface area contributed by atoms with Crippen LogP contribution in [0.2, 0.25) is 0 Å². The van der Waals surface area contributed by atoms with Crippen molar-refractivity contribution in [1.29, 1.82) is 0 Å². The third-order valence-corrected chi connectivity index (χ3v) is 4.46. The summed E-state index contributed by atoms with van der Waals surface area (Å²) in [5, 5.41) is 12.6. The fourth-order valence-electron chi connectivity index (χ4n) is 3.02. The number of carboxylic acids is 1. The monoisotopic (exact) mass is 396 g/mol. The number of imidazole rings is 1. The van der Waals surface area contributed by atoms with Gasteiger partial charge in [0.15, 0.2) is 11.6 Å². The van der Waals surface area contributed by atoms with Gasteiger partial charge in [0.2, 0.25) is 0 Å². The lowest BCUT2D eigenvalue weighted by Crippen LogP contribution is -2.42. The number of hydrogen-bond acceptors (Lipinski definition) is 4. The Balaban J connectivity index is 1.56. The van der Waals surface area contributed by atoms with Crippen LogP contribution in [0.1, 0.15) is 16.2 Å². The Bertz CT molecular complexity index is 1260. The number of fused-ring (bicyclic) bond motifs is 2. The van der Waals surface area contributed by atoms with Gasteiger partial charge in [0.05, 0.1) is 11.0 Å². The summed E-state index contributed by atoms with van der Waals surface area (Å²) in [5.41, 5.74) is 0.985. The highest BCUT2D eigenvalue weighted by Gasteiger charge is 2.23. The SMILES string of the molecule is O=C(N[C@H](Cc1nc2c(F)c(F)ccc2[nH]1)C(=O)O)c1ccc2ncccc2c1. The number of H-pyrrole nitrogens is 1. The highest BCUT2D eigenvalue weighted by molar-refractivity contribution is 5.99. The number of aromatic amines is 1. The normalized spacial score (nSPS) is 12.2. The highest BCUT2D eigenvalue weighted by atomic mass is 19.2. The Kier molecular flexibility index (Phi) is 4.63. The summed E-state index contributed by atoms with van der Waals surface area (Å²) < 4.78 is 27.2. The molecule has 0 spiro atoms. The lowest BCUT2D eigenvalue weighted by atomic mass is 10.1. The quantitative estimate of drug-likeness (QED) is 0.481. The van der Waals surface area contributed by atoms with E-state index in [1.807, 2.05) is 0 Å². The second-order valence-electron chi connectivity index (χ2n) is 6.42. The summed E-state index contributed by atoms with van der Waals surface area (Å²) in [5.74, 6) is -3.93. The molecule has 0 radical (unpaired) electrons. The number of aromatic nitrogens is 3. The molecule has 0 saturated carbocycles. The molecular weight excluding hydrogens is 382 g/mol. The maximum Gasteiger partial charge on any atom is 0.326 e. The predicted octanol–water partition coefficient (Wildman–Crippen LogP) is 2.82. The lowest BCUT2D eigenvalue weighted by Gasteiger charge is -2.13. The minimum Gasteiger partial charge on any atom is -0.480 e. The van der Waals surface area contributed by atoms with E-state index in [9.17, 15) is 23.5 Å². The van der Waals surface area contributed by atoms with Crippen molar-refractivity contribution >= 4 is 33.8 Å². The van der Waals surface area contributed by atoms with E-state index in [0.29, 0.717) is 5.52 Å². The molecule has 1 atom stereocenters. The summed E-state index contributed by atoms with van der Waals surface area (Å²) in [6.07, 6.45) is 1.40. The van der Waals surface area contributed by atoms with Crippen LogP contribution in [0.15, 0.2) is 48.7 Å². The van der Waals surface area contributed by atoms with Crippen molar-refractivity contribution < 1.29 is 23.5 Å². The molecule has 9 heteroatoms. The number of amides is 1. The molecule has 146 valence electrons. The third kappa shape index (κ3) is 3.62. The van der Waals surface area contributed by atoms with E-state index in [-0.39, 0.29) is 28.8 Å². The third-order valence-electron chi connectivity index (χ3n) is 4.46. The average Bonchev–Trinajstić information content (AvgIpc) is 3.13. The molecule has 2 aromatic carbocycles. The second kappa shape index (κ2) is 7.27. The average molecular weight is 396 g/mol. The zero-order valence-electron chi connectivity index (χ0n) is 14.8. The molecule has 0 fully saturated rings. The van der Waals surface area contributed by atoms with Crippen molar-refractivity contribution in [2.45, 2.75) is 12.5 Å². The smallest absolute Gasteiger partial charge is 0.326 e. The number of nitrogens with zero attached hydrogens (tertiary/aromatic N) is 2. The van der Waals surface area contributed by atoms with Gasteiger partial charge < -0.3 is 15.4 Å². The second-order valence-corrected chi connectivity index (χ2v) is 6.42. The van der Waals surface area contributed by atoms with E-state index in [1.54, 1.807) is 36.5 Å². The fraction of sp³-hybridized carbons (Fsp3) is 0.100. The van der Waals surface area contributed by atoms with Crippen molar-refractivity contribution in [3.8, 4) is 0 Å². The van der Waals surface area contributed by atoms with Gasteiger partial charge in [-0.15, -0.1) is 0 Å². The van der Waals surface area contributed by atoms with Gasteiger partial charge in [0.1, 0.15) is 17.4 Å². The molecule has 2 heterocycles. The van der Waals surface area contributed by atoms with Gasteiger partial charge in [-0.2, -0.15) is 0 Å². The van der Waals surface area contributed by atoms with Crippen LogP contribution in [0.4, 0.5) is 8.78 Å². The first-order chi connectivity index (χ1) is 13.9. The van der Waals surface area contributed by atoms with Gasteiger partial charge in [-0.25, -0.2) is 18.6 Å². The molecular formula is C20H14F2N4O3. The summed E-state index contributed by atoms with van der Waals surface area (Å²) in [4.78, 5) is 35.0. The lowest BCUT2D eigenvalue weighted by molar-refractivity contribution is -0.139. The zero-order chi connectivity index (χ0) is 20.5. The Hall–Kier alpha value is -3.88. The molecule has 2 aromatic heterocycles. The Morgan fingerprint density at radius 2 is 2.00 bits per heavy atom. The minimum absolute atomic E-state index is 0.111. The van der Waals surface area contributed by atoms with Crippen molar-refractivity contribution in [2.24, 2.45) is 0 Å². The number of nitrogens with one attached hydrogen (secondary N) is 2. The number of carboxylic acid groups (broad SMARTS) is 1. The van der Waals surface area contributed by atoms with Crippen molar-refractivity contribution in [1.82, 2.24) is 20.3 Å². The van der Waals surface area contributed by atoms with Crippen LogP contribution in [0.5, 0.6) is 0 Å². The van der Waals surface area contributed by atoms with Gasteiger partial charge in [-0.05, 0) is 36.4 Å². The summed E-state index contributed by atoms with van der Waals surface area (Å²) in [6, 6.07) is 9.27. The van der Waals surface area contributed by atoms with Crippen LogP contribution in [0.3, 0.4) is 0 Å². The largest absolute Gasteiger partial charge is 0.480 e. The number of pyridine rings is 1. The Labute approximate surface area is 162 Å². The van der Waals surface area contributed by atoms with E-state index in [0.717, 1.165) is 11.5 Å². The molecule has 4 aromatic rings. The first-order valence-corrected chi connectivity index (χ1v) is 8.63. The van der Waals surface area contributed by atoms with Gasteiger partial charge in [-0.3, -0.25) is 9.78 Å². The van der Waals surface area contributed by atoms with Crippen molar-refractivity contribution in [3.63, 3.8) is 0 Å².